The van der Waals surface area contributed by atoms with Crippen molar-refractivity contribution in [1.29, 1.82) is 0 Å². The van der Waals surface area contributed by atoms with Gasteiger partial charge in [-0.1, -0.05) is 13.0 Å². The average Bonchev–Trinajstić information content (AvgIpc) is 2.40. The van der Waals surface area contributed by atoms with Gasteiger partial charge in [-0.15, -0.1) is 6.58 Å². The van der Waals surface area contributed by atoms with Crippen LogP contribution in [0, 0.1) is 11.8 Å². The summed E-state index contributed by atoms with van der Waals surface area (Å²) in [5, 5.41) is 0. The van der Waals surface area contributed by atoms with Crippen molar-refractivity contribution in [3.05, 3.63) is 12.7 Å². The Labute approximate surface area is 113 Å². The van der Waals surface area contributed by atoms with Gasteiger partial charge in [0.05, 0.1) is 0 Å². The number of rotatable bonds is 5. The van der Waals surface area contributed by atoms with Crippen molar-refractivity contribution >= 4 is 0 Å². The third-order valence-corrected chi connectivity index (χ3v) is 4.82. The summed E-state index contributed by atoms with van der Waals surface area (Å²) in [6, 6.07) is 0. The quantitative estimate of drug-likeness (QED) is 0.692. The fourth-order valence-electron chi connectivity index (χ4n) is 3.25. The highest BCUT2D eigenvalue weighted by atomic mass is 15.2. The molecule has 18 heavy (non-hydrogen) atoms. The summed E-state index contributed by atoms with van der Waals surface area (Å²) in [7, 11) is 0. The molecule has 2 fully saturated rings. The maximum atomic E-state index is 3.86. The zero-order chi connectivity index (χ0) is 12.8. The Hall–Kier alpha value is -0.340. The number of hydrogen-bond acceptors (Lipinski definition) is 2. The summed E-state index contributed by atoms with van der Waals surface area (Å²) in [6.45, 7) is 14.1. The van der Waals surface area contributed by atoms with Crippen molar-refractivity contribution in [3.63, 3.8) is 0 Å². The van der Waals surface area contributed by atoms with Gasteiger partial charge in [0.15, 0.2) is 0 Å². The lowest BCUT2D eigenvalue weighted by atomic mass is 9.93. The maximum absolute atomic E-state index is 3.86. The molecule has 0 amide bonds. The minimum Gasteiger partial charge on any atom is -0.302 e. The van der Waals surface area contributed by atoms with Crippen LogP contribution >= 0.6 is 0 Å². The van der Waals surface area contributed by atoms with Gasteiger partial charge in [-0.3, -0.25) is 0 Å². The number of piperidine rings is 2. The fourth-order valence-corrected chi connectivity index (χ4v) is 3.25. The summed E-state index contributed by atoms with van der Waals surface area (Å²) in [4.78, 5) is 5.33. The third kappa shape index (κ3) is 4.40. The molecular formula is C16H30N2. The first kappa shape index (κ1) is 14.1. The normalized spacial score (nSPS) is 25.4. The Morgan fingerprint density at radius 3 is 1.94 bits per heavy atom. The lowest BCUT2D eigenvalue weighted by Gasteiger charge is -2.35. The first-order valence-electron chi connectivity index (χ1n) is 7.83. The number of nitrogens with zero attached hydrogens (tertiary/aromatic N) is 2. The van der Waals surface area contributed by atoms with Gasteiger partial charge in [-0.05, 0) is 70.1 Å². The van der Waals surface area contributed by atoms with Gasteiger partial charge in [0.2, 0.25) is 0 Å². The highest BCUT2D eigenvalue weighted by Gasteiger charge is 2.20. The molecule has 2 heteroatoms. The maximum Gasteiger partial charge on any atom is 0.0109 e. The van der Waals surface area contributed by atoms with Crippen molar-refractivity contribution in [2.75, 3.05) is 39.3 Å². The minimum absolute atomic E-state index is 0.912. The van der Waals surface area contributed by atoms with E-state index in [1.807, 2.05) is 0 Å². The van der Waals surface area contributed by atoms with Crippen molar-refractivity contribution in [2.24, 2.45) is 11.8 Å². The number of likely N-dealkylation sites (tertiary alicyclic amines) is 2. The molecule has 104 valence electrons. The molecular weight excluding hydrogens is 220 g/mol. The molecule has 0 bridgehead atoms. The Balaban J connectivity index is 1.59. The molecule has 2 heterocycles. The van der Waals surface area contributed by atoms with Crippen LogP contribution in [0.3, 0.4) is 0 Å². The van der Waals surface area contributed by atoms with Crippen molar-refractivity contribution in [3.8, 4) is 0 Å². The molecule has 2 rings (SSSR count). The van der Waals surface area contributed by atoms with Gasteiger partial charge in [-0.25, -0.2) is 0 Å². The molecule has 0 saturated carbocycles. The largest absolute Gasteiger partial charge is 0.302 e. The summed E-state index contributed by atoms with van der Waals surface area (Å²) in [6.07, 6.45) is 8.88. The van der Waals surface area contributed by atoms with Crippen LogP contribution in [-0.4, -0.2) is 49.1 Å². The van der Waals surface area contributed by atoms with E-state index in [-0.39, 0.29) is 0 Å². The summed E-state index contributed by atoms with van der Waals surface area (Å²) >= 11 is 0. The van der Waals surface area contributed by atoms with E-state index in [0.717, 1.165) is 11.8 Å². The molecule has 2 aliphatic heterocycles. The van der Waals surface area contributed by atoms with Crippen LogP contribution in [-0.2, 0) is 0 Å². The molecule has 2 saturated heterocycles. The van der Waals surface area contributed by atoms with E-state index >= 15 is 0 Å². The Kier molecular flexibility index (Phi) is 5.71. The highest BCUT2D eigenvalue weighted by Crippen LogP contribution is 2.21. The lowest BCUT2D eigenvalue weighted by molar-refractivity contribution is 0.135. The van der Waals surface area contributed by atoms with Crippen LogP contribution in [0.15, 0.2) is 12.7 Å². The van der Waals surface area contributed by atoms with E-state index < -0.39 is 0 Å². The van der Waals surface area contributed by atoms with Crippen LogP contribution in [0.1, 0.15) is 39.0 Å². The molecule has 0 N–H and O–H groups in total. The Bertz CT molecular complexity index is 235. The molecule has 0 unspecified atom stereocenters. The van der Waals surface area contributed by atoms with Gasteiger partial charge in [-0.2, -0.15) is 0 Å². The van der Waals surface area contributed by atoms with Crippen LogP contribution in [0.2, 0.25) is 0 Å². The van der Waals surface area contributed by atoms with Crippen molar-refractivity contribution < 1.29 is 0 Å². The summed E-state index contributed by atoms with van der Waals surface area (Å²) in [5.74, 6) is 1.87. The fraction of sp³-hybridized carbons (Fsp3) is 0.875. The van der Waals surface area contributed by atoms with E-state index in [1.165, 1.54) is 71.4 Å². The number of hydrogen-bond donors (Lipinski definition) is 0. The van der Waals surface area contributed by atoms with Gasteiger partial charge < -0.3 is 9.80 Å². The van der Waals surface area contributed by atoms with E-state index in [0.29, 0.717) is 0 Å². The first-order valence-corrected chi connectivity index (χ1v) is 7.83. The molecule has 0 atom stereocenters. The Morgan fingerprint density at radius 2 is 1.44 bits per heavy atom. The summed E-state index contributed by atoms with van der Waals surface area (Å²) < 4.78 is 0. The average molecular weight is 250 g/mol. The van der Waals surface area contributed by atoms with E-state index in [9.17, 15) is 0 Å². The van der Waals surface area contributed by atoms with Crippen molar-refractivity contribution in [1.82, 2.24) is 9.80 Å². The molecule has 0 radical (unpaired) electrons. The smallest absolute Gasteiger partial charge is 0.0109 e. The monoisotopic (exact) mass is 250 g/mol. The second-order valence-electron chi connectivity index (χ2n) is 6.33. The molecule has 0 aromatic carbocycles. The molecule has 0 aromatic rings. The van der Waals surface area contributed by atoms with Gasteiger partial charge in [0.25, 0.3) is 0 Å². The first-order chi connectivity index (χ1) is 8.78. The number of allylic oxidation sites excluding steroid dienone is 1. The lowest BCUT2D eigenvalue weighted by Crippen LogP contribution is -2.42. The molecule has 2 nitrogen and oxygen atoms in total. The predicted octanol–water partition coefficient (Wildman–Crippen LogP) is 3.01. The molecule has 0 aromatic heterocycles. The Morgan fingerprint density at radius 1 is 0.944 bits per heavy atom. The van der Waals surface area contributed by atoms with E-state index in [2.05, 4.69) is 29.4 Å². The standard InChI is InChI=1S/C16H30N2/c1-3-4-16-7-11-18(12-8-16)14-13-17-9-5-15(2)6-10-17/h3,15-16H,1,4-14H2,2H3. The van der Waals surface area contributed by atoms with Crippen LogP contribution in [0.4, 0.5) is 0 Å². The molecule has 0 aliphatic carbocycles. The SMILES string of the molecule is C=CCC1CCN(CCN2CCC(C)CC2)CC1. The van der Waals surface area contributed by atoms with Crippen molar-refractivity contribution in [2.45, 2.75) is 39.0 Å². The second-order valence-corrected chi connectivity index (χ2v) is 6.33. The minimum atomic E-state index is 0.912. The van der Waals surface area contributed by atoms with Crippen LogP contribution < -0.4 is 0 Å². The zero-order valence-electron chi connectivity index (χ0n) is 12.1. The third-order valence-electron chi connectivity index (χ3n) is 4.82. The highest BCUT2D eigenvalue weighted by molar-refractivity contribution is 4.79. The molecule has 0 spiro atoms. The van der Waals surface area contributed by atoms with Gasteiger partial charge >= 0.3 is 0 Å². The molecule has 2 aliphatic rings. The summed E-state index contributed by atoms with van der Waals surface area (Å²) in [5.41, 5.74) is 0. The van der Waals surface area contributed by atoms with E-state index in [4.69, 9.17) is 0 Å². The topological polar surface area (TPSA) is 6.48 Å². The van der Waals surface area contributed by atoms with Crippen LogP contribution in [0.25, 0.3) is 0 Å². The second kappa shape index (κ2) is 7.30. The van der Waals surface area contributed by atoms with E-state index in [1.54, 1.807) is 0 Å². The zero-order valence-corrected chi connectivity index (χ0v) is 12.1. The van der Waals surface area contributed by atoms with Crippen LogP contribution in [0.5, 0.6) is 0 Å². The van der Waals surface area contributed by atoms with Gasteiger partial charge in [0, 0.05) is 13.1 Å². The van der Waals surface area contributed by atoms with Gasteiger partial charge in [0.1, 0.15) is 0 Å². The predicted molar refractivity (Wildman–Crippen MR) is 78.8 cm³/mol.